The number of aromatic nitrogens is 2. The number of H-pyrrole nitrogens is 1. The van der Waals surface area contributed by atoms with E-state index in [4.69, 9.17) is 0 Å². The first kappa shape index (κ1) is 13.3. The maximum absolute atomic E-state index is 4.40. The van der Waals surface area contributed by atoms with Gasteiger partial charge in [0.2, 0.25) is 0 Å². The number of hydrogen-bond acceptors (Lipinski definition) is 3. The van der Waals surface area contributed by atoms with E-state index >= 15 is 0 Å². The zero-order valence-corrected chi connectivity index (χ0v) is 11.9. The Labute approximate surface area is 120 Å². The molecule has 2 heterocycles. The van der Waals surface area contributed by atoms with Gasteiger partial charge in [-0.25, -0.2) is 4.98 Å². The van der Waals surface area contributed by atoms with Gasteiger partial charge < -0.3 is 15.6 Å². The van der Waals surface area contributed by atoms with Crippen molar-refractivity contribution in [2.24, 2.45) is 0 Å². The van der Waals surface area contributed by atoms with Crippen molar-refractivity contribution in [3.63, 3.8) is 0 Å². The zero-order chi connectivity index (χ0) is 13.8. The van der Waals surface area contributed by atoms with Gasteiger partial charge in [-0.3, -0.25) is 0 Å². The molecule has 2 unspecified atom stereocenters. The van der Waals surface area contributed by atoms with Gasteiger partial charge >= 0.3 is 0 Å². The van der Waals surface area contributed by atoms with Crippen LogP contribution in [0, 0.1) is 0 Å². The summed E-state index contributed by atoms with van der Waals surface area (Å²) in [6.07, 6.45) is 5.85. The molecule has 0 aliphatic carbocycles. The lowest BCUT2D eigenvalue weighted by molar-refractivity contribution is 0.405. The molecule has 1 aliphatic heterocycles. The van der Waals surface area contributed by atoms with E-state index in [1.807, 2.05) is 12.4 Å². The molecule has 4 heteroatoms. The van der Waals surface area contributed by atoms with Crippen molar-refractivity contribution in [1.29, 1.82) is 0 Å². The second-order valence-corrected chi connectivity index (χ2v) is 5.32. The van der Waals surface area contributed by atoms with E-state index in [9.17, 15) is 0 Å². The van der Waals surface area contributed by atoms with Gasteiger partial charge in [0.15, 0.2) is 0 Å². The van der Waals surface area contributed by atoms with Gasteiger partial charge in [0.25, 0.3) is 0 Å². The topological polar surface area (TPSA) is 52.7 Å². The van der Waals surface area contributed by atoms with Crippen LogP contribution in [0.4, 0.5) is 0 Å². The van der Waals surface area contributed by atoms with Crippen molar-refractivity contribution in [2.75, 3.05) is 6.54 Å². The van der Waals surface area contributed by atoms with Gasteiger partial charge in [0.05, 0.1) is 6.04 Å². The third kappa shape index (κ3) is 2.76. The maximum Gasteiger partial charge on any atom is 0.123 e. The fraction of sp³-hybridized carbons (Fsp3) is 0.438. The summed E-state index contributed by atoms with van der Waals surface area (Å²) in [5.41, 5.74) is 2.82. The molecule has 0 saturated carbocycles. The molecule has 0 saturated heterocycles. The molecule has 2 aromatic rings. The molecule has 3 N–H and O–H groups in total. The fourth-order valence-corrected chi connectivity index (χ4v) is 2.93. The summed E-state index contributed by atoms with van der Waals surface area (Å²) in [6, 6.07) is 9.38. The minimum atomic E-state index is 0.279. The highest BCUT2D eigenvalue weighted by atomic mass is 15.0. The third-order valence-corrected chi connectivity index (χ3v) is 4.02. The lowest BCUT2D eigenvalue weighted by atomic mass is 9.98. The van der Waals surface area contributed by atoms with Crippen LogP contribution in [-0.4, -0.2) is 16.5 Å². The number of aromatic amines is 1. The highest BCUT2D eigenvalue weighted by molar-refractivity contribution is 5.31. The van der Waals surface area contributed by atoms with Crippen LogP contribution in [0.25, 0.3) is 0 Å². The van der Waals surface area contributed by atoms with E-state index in [-0.39, 0.29) is 6.04 Å². The van der Waals surface area contributed by atoms with Crippen LogP contribution in [-0.2, 0) is 6.54 Å². The summed E-state index contributed by atoms with van der Waals surface area (Å²) in [7, 11) is 0. The van der Waals surface area contributed by atoms with Crippen molar-refractivity contribution in [2.45, 2.75) is 38.4 Å². The Kier molecular flexibility index (Phi) is 4.14. The summed E-state index contributed by atoms with van der Waals surface area (Å²) in [6.45, 7) is 4.20. The van der Waals surface area contributed by atoms with E-state index in [0.717, 1.165) is 31.8 Å². The first-order valence-corrected chi connectivity index (χ1v) is 7.42. The second kappa shape index (κ2) is 6.20. The Bertz CT molecular complexity index is 535. The van der Waals surface area contributed by atoms with Crippen molar-refractivity contribution in [3.05, 3.63) is 53.6 Å². The molecule has 0 fully saturated rings. The van der Waals surface area contributed by atoms with Crippen molar-refractivity contribution < 1.29 is 0 Å². The van der Waals surface area contributed by atoms with Crippen LogP contribution in [0.5, 0.6) is 0 Å². The second-order valence-electron chi connectivity index (χ2n) is 5.32. The van der Waals surface area contributed by atoms with Crippen LogP contribution in [0.15, 0.2) is 36.7 Å². The number of imidazole rings is 1. The number of nitrogens with zero attached hydrogens (tertiary/aromatic N) is 1. The Morgan fingerprint density at radius 2 is 2.30 bits per heavy atom. The van der Waals surface area contributed by atoms with E-state index in [1.54, 1.807) is 0 Å². The summed E-state index contributed by atoms with van der Waals surface area (Å²) in [5, 5.41) is 7.27. The molecular weight excluding hydrogens is 248 g/mol. The highest BCUT2D eigenvalue weighted by Crippen LogP contribution is 2.27. The normalized spacial score (nSPS) is 20.1. The van der Waals surface area contributed by atoms with Crippen molar-refractivity contribution >= 4 is 0 Å². The lowest BCUT2D eigenvalue weighted by Crippen LogP contribution is -2.28. The summed E-state index contributed by atoms with van der Waals surface area (Å²) in [4.78, 5) is 7.63. The Morgan fingerprint density at radius 3 is 3.10 bits per heavy atom. The van der Waals surface area contributed by atoms with Gasteiger partial charge in [-0.1, -0.05) is 31.2 Å². The van der Waals surface area contributed by atoms with Crippen molar-refractivity contribution in [3.8, 4) is 0 Å². The summed E-state index contributed by atoms with van der Waals surface area (Å²) < 4.78 is 0. The quantitative estimate of drug-likeness (QED) is 0.800. The molecule has 1 aromatic carbocycles. The molecule has 106 valence electrons. The SMILES string of the molecule is CCC(NC1CCNCc2ccccc21)c1ncc[nH]1. The monoisotopic (exact) mass is 270 g/mol. The largest absolute Gasteiger partial charge is 0.347 e. The number of fused-ring (bicyclic) bond motifs is 1. The highest BCUT2D eigenvalue weighted by Gasteiger charge is 2.22. The lowest BCUT2D eigenvalue weighted by Gasteiger charge is -2.24. The Balaban J connectivity index is 1.82. The minimum absolute atomic E-state index is 0.279. The number of nitrogens with one attached hydrogen (secondary N) is 3. The molecule has 0 bridgehead atoms. The van der Waals surface area contributed by atoms with E-state index in [0.29, 0.717) is 6.04 Å². The van der Waals surface area contributed by atoms with Gasteiger partial charge in [-0.2, -0.15) is 0 Å². The van der Waals surface area contributed by atoms with E-state index < -0.39 is 0 Å². The Hall–Kier alpha value is -1.65. The maximum atomic E-state index is 4.40. The smallest absolute Gasteiger partial charge is 0.123 e. The first-order valence-electron chi connectivity index (χ1n) is 7.42. The van der Waals surface area contributed by atoms with Crippen molar-refractivity contribution in [1.82, 2.24) is 20.6 Å². The number of benzene rings is 1. The molecule has 0 radical (unpaired) electrons. The summed E-state index contributed by atoms with van der Waals surface area (Å²) >= 11 is 0. The van der Waals surface area contributed by atoms with Gasteiger partial charge in [0, 0.05) is 25.0 Å². The van der Waals surface area contributed by atoms with E-state index in [2.05, 4.69) is 51.8 Å². The predicted octanol–water partition coefficient (Wildman–Crippen LogP) is 2.69. The molecular formula is C16H22N4. The fourth-order valence-electron chi connectivity index (χ4n) is 2.93. The first-order chi connectivity index (χ1) is 9.88. The van der Waals surface area contributed by atoms with Crippen LogP contribution < -0.4 is 10.6 Å². The number of rotatable bonds is 4. The minimum Gasteiger partial charge on any atom is -0.347 e. The van der Waals surface area contributed by atoms with Crippen LogP contribution in [0.3, 0.4) is 0 Å². The van der Waals surface area contributed by atoms with E-state index in [1.165, 1.54) is 11.1 Å². The molecule has 20 heavy (non-hydrogen) atoms. The molecule has 0 spiro atoms. The van der Waals surface area contributed by atoms with Gasteiger partial charge in [-0.05, 0) is 30.5 Å². The molecule has 2 atom stereocenters. The average molecular weight is 270 g/mol. The zero-order valence-electron chi connectivity index (χ0n) is 11.9. The van der Waals surface area contributed by atoms with Gasteiger partial charge in [-0.15, -0.1) is 0 Å². The summed E-state index contributed by atoms with van der Waals surface area (Å²) in [5.74, 6) is 1.03. The average Bonchev–Trinajstić information content (AvgIpc) is 2.94. The van der Waals surface area contributed by atoms with Gasteiger partial charge in [0.1, 0.15) is 5.82 Å². The molecule has 0 amide bonds. The molecule has 1 aromatic heterocycles. The molecule has 1 aliphatic rings. The predicted molar refractivity (Wildman–Crippen MR) is 80.3 cm³/mol. The molecule has 3 rings (SSSR count). The van der Waals surface area contributed by atoms with Crippen LogP contribution >= 0.6 is 0 Å². The standard InChI is InChI=1S/C16H22N4/c1-2-14(16-18-9-10-19-16)20-15-7-8-17-11-12-5-3-4-6-13(12)15/h3-6,9-10,14-15,17,20H,2,7-8,11H2,1H3,(H,18,19). The van der Waals surface area contributed by atoms with Crippen LogP contribution in [0.2, 0.25) is 0 Å². The van der Waals surface area contributed by atoms with Crippen LogP contribution in [0.1, 0.15) is 48.8 Å². The Morgan fingerprint density at radius 1 is 1.40 bits per heavy atom. The molecule has 4 nitrogen and oxygen atoms in total. The number of hydrogen-bond donors (Lipinski definition) is 3. The third-order valence-electron chi connectivity index (χ3n) is 4.02.